The molecule has 36 heavy (non-hydrogen) atoms. The van der Waals surface area contributed by atoms with Gasteiger partial charge in [-0.15, -0.1) is 0 Å². The molecule has 0 saturated heterocycles. The Bertz CT molecular complexity index is 1160. The van der Waals surface area contributed by atoms with Crippen molar-refractivity contribution in [1.82, 2.24) is 0 Å². The molecule has 194 valence electrons. The average molecular weight is 503 g/mol. The smallest absolute Gasteiger partial charge is 0.334 e. The number of benzene rings is 2. The van der Waals surface area contributed by atoms with E-state index in [9.17, 15) is 9.59 Å². The number of ether oxygens (including phenoxy) is 8. The highest BCUT2D eigenvalue weighted by atomic mass is 16.5. The van der Waals surface area contributed by atoms with Crippen LogP contribution in [0.1, 0.15) is 22.6 Å². The first-order valence-corrected chi connectivity index (χ1v) is 10.9. The lowest BCUT2D eigenvalue weighted by molar-refractivity contribution is -0.147. The van der Waals surface area contributed by atoms with Crippen LogP contribution >= 0.6 is 0 Å². The second-order valence-electron chi connectivity index (χ2n) is 7.68. The number of carbonyl (C=O) groups is 2. The fraction of sp³-hybridized carbons (Fsp3) is 0.385. The van der Waals surface area contributed by atoms with Crippen LogP contribution in [-0.2, 0) is 19.1 Å². The zero-order chi connectivity index (χ0) is 26.6. The lowest BCUT2D eigenvalue weighted by atomic mass is 9.70. The summed E-state index contributed by atoms with van der Waals surface area (Å²) in [5.74, 6) is -1.06. The second-order valence-corrected chi connectivity index (χ2v) is 7.68. The summed E-state index contributed by atoms with van der Waals surface area (Å²) < 4.78 is 43.6. The second kappa shape index (κ2) is 11.1. The summed E-state index contributed by atoms with van der Waals surface area (Å²) in [6, 6.07) is 5.13. The molecule has 2 aromatic rings. The molecule has 0 radical (unpaired) electrons. The first-order valence-electron chi connectivity index (χ1n) is 10.9. The zero-order valence-electron chi connectivity index (χ0n) is 21.5. The summed E-state index contributed by atoms with van der Waals surface area (Å²) in [5.41, 5.74) is 1.82. The lowest BCUT2D eigenvalue weighted by Crippen LogP contribution is -2.33. The maximum absolute atomic E-state index is 13.2. The van der Waals surface area contributed by atoms with Gasteiger partial charge < -0.3 is 37.9 Å². The van der Waals surface area contributed by atoms with Crippen LogP contribution in [-0.4, -0.2) is 68.8 Å². The molecule has 0 heterocycles. The van der Waals surface area contributed by atoms with Crippen LogP contribution in [0.4, 0.5) is 0 Å². The molecule has 0 aromatic heterocycles. The van der Waals surface area contributed by atoms with Crippen molar-refractivity contribution in [3.8, 4) is 34.5 Å². The van der Waals surface area contributed by atoms with E-state index in [0.29, 0.717) is 51.2 Å². The SMILES string of the molecule is COC(=O)C1=Cc2cc(OC)c(OC)c(OC)c2C(c2cc(OC)c(OC)c(OC)c2)C1C(=O)OC. The minimum atomic E-state index is -1.09. The molecule has 0 N–H and O–H groups in total. The Labute approximate surface area is 209 Å². The van der Waals surface area contributed by atoms with Gasteiger partial charge in [-0.05, 0) is 35.4 Å². The number of methoxy groups -OCH3 is 8. The number of esters is 2. The van der Waals surface area contributed by atoms with Gasteiger partial charge in [0.05, 0.1) is 68.4 Å². The molecule has 10 nitrogen and oxygen atoms in total. The highest BCUT2D eigenvalue weighted by Gasteiger charge is 2.45. The van der Waals surface area contributed by atoms with E-state index in [2.05, 4.69) is 0 Å². The molecule has 3 rings (SSSR count). The van der Waals surface area contributed by atoms with E-state index in [1.54, 1.807) is 24.3 Å². The summed E-state index contributed by atoms with van der Waals surface area (Å²) in [4.78, 5) is 26.2. The number of carbonyl (C=O) groups excluding carboxylic acids is 2. The van der Waals surface area contributed by atoms with E-state index in [0.717, 1.165) is 0 Å². The van der Waals surface area contributed by atoms with E-state index in [1.807, 2.05) is 0 Å². The van der Waals surface area contributed by atoms with Crippen LogP contribution in [0.3, 0.4) is 0 Å². The molecule has 0 aliphatic heterocycles. The molecule has 0 spiro atoms. The Hall–Kier alpha value is -4.08. The van der Waals surface area contributed by atoms with Gasteiger partial charge in [-0.2, -0.15) is 0 Å². The van der Waals surface area contributed by atoms with Crippen LogP contribution in [0.5, 0.6) is 34.5 Å². The van der Waals surface area contributed by atoms with E-state index in [1.165, 1.54) is 56.9 Å². The van der Waals surface area contributed by atoms with E-state index >= 15 is 0 Å². The summed E-state index contributed by atoms with van der Waals surface area (Å²) in [6.45, 7) is 0. The van der Waals surface area contributed by atoms with Gasteiger partial charge in [0.2, 0.25) is 11.5 Å². The Balaban J connectivity index is 2.51. The van der Waals surface area contributed by atoms with Crippen molar-refractivity contribution in [1.29, 1.82) is 0 Å². The quantitative estimate of drug-likeness (QED) is 0.474. The first-order chi connectivity index (χ1) is 17.3. The minimum absolute atomic E-state index is 0.102. The van der Waals surface area contributed by atoms with Gasteiger partial charge in [-0.25, -0.2) is 4.79 Å². The fourth-order valence-corrected chi connectivity index (χ4v) is 4.57. The van der Waals surface area contributed by atoms with Gasteiger partial charge in [0.15, 0.2) is 23.0 Å². The molecule has 0 fully saturated rings. The third-order valence-electron chi connectivity index (χ3n) is 6.11. The van der Waals surface area contributed by atoms with Crippen molar-refractivity contribution in [3.63, 3.8) is 0 Å². The molecule has 10 heteroatoms. The highest BCUT2D eigenvalue weighted by Crippen LogP contribution is 2.54. The third-order valence-corrected chi connectivity index (χ3v) is 6.11. The standard InChI is InChI=1S/C26H30O10/c1-29-16-11-14(12-17(30-2)22(16)32-4)19-20-13(10-18(31-3)23(33-5)24(20)34-6)9-15(25(27)35-7)21(19)26(28)36-8/h9-12,19,21H,1-8H3. The fourth-order valence-electron chi connectivity index (χ4n) is 4.57. The van der Waals surface area contributed by atoms with Crippen LogP contribution in [0, 0.1) is 5.92 Å². The van der Waals surface area contributed by atoms with Crippen molar-refractivity contribution in [2.24, 2.45) is 5.92 Å². The predicted molar refractivity (Wildman–Crippen MR) is 130 cm³/mol. The van der Waals surface area contributed by atoms with E-state index in [-0.39, 0.29) is 5.57 Å². The van der Waals surface area contributed by atoms with Crippen LogP contribution in [0.2, 0.25) is 0 Å². The minimum Gasteiger partial charge on any atom is -0.493 e. The number of hydrogen-bond acceptors (Lipinski definition) is 10. The number of rotatable bonds is 9. The van der Waals surface area contributed by atoms with Crippen molar-refractivity contribution in [2.75, 3.05) is 56.9 Å². The molecule has 0 amide bonds. The van der Waals surface area contributed by atoms with Gasteiger partial charge in [0.25, 0.3) is 0 Å². The molecule has 2 unspecified atom stereocenters. The molecule has 1 aliphatic rings. The van der Waals surface area contributed by atoms with Crippen LogP contribution < -0.4 is 28.4 Å². The molecule has 0 saturated carbocycles. The molecule has 0 bridgehead atoms. The van der Waals surface area contributed by atoms with Gasteiger partial charge >= 0.3 is 11.9 Å². The Morgan fingerprint density at radius 3 is 1.61 bits per heavy atom. The largest absolute Gasteiger partial charge is 0.493 e. The Kier molecular flexibility index (Phi) is 8.18. The summed E-state index contributed by atoms with van der Waals surface area (Å²) in [5, 5.41) is 0. The first kappa shape index (κ1) is 26.5. The van der Waals surface area contributed by atoms with E-state index < -0.39 is 23.8 Å². The molecule has 1 aliphatic carbocycles. The van der Waals surface area contributed by atoms with Gasteiger partial charge in [0.1, 0.15) is 0 Å². The van der Waals surface area contributed by atoms with E-state index in [4.69, 9.17) is 37.9 Å². The average Bonchev–Trinajstić information content (AvgIpc) is 2.92. The molecular formula is C26H30O10. The highest BCUT2D eigenvalue weighted by molar-refractivity contribution is 6.02. The molecule has 2 aromatic carbocycles. The topological polar surface area (TPSA) is 108 Å². The van der Waals surface area contributed by atoms with Crippen molar-refractivity contribution >= 4 is 18.0 Å². The molecular weight excluding hydrogens is 472 g/mol. The lowest BCUT2D eigenvalue weighted by Gasteiger charge is -2.34. The zero-order valence-corrected chi connectivity index (χ0v) is 21.5. The molecule has 2 atom stereocenters. The summed E-state index contributed by atoms with van der Waals surface area (Å²) in [7, 11) is 11.4. The van der Waals surface area contributed by atoms with Crippen molar-refractivity contribution in [2.45, 2.75) is 5.92 Å². The summed E-state index contributed by atoms with van der Waals surface area (Å²) in [6.07, 6.45) is 1.57. The Morgan fingerprint density at radius 2 is 1.17 bits per heavy atom. The summed E-state index contributed by atoms with van der Waals surface area (Å²) >= 11 is 0. The van der Waals surface area contributed by atoms with Crippen molar-refractivity contribution < 1.29 is 47.5 Å². The number of hydrogen-bond donors (Lipinski definition) is 0. The van der Waals surface area contributed by atoms with Gasteiger partial charge in [0, 0.05) is 11.5 Å². The monoisotopic (exact) mass is 502 g/mol. The van der Waals surface area contributed by atoms with Crippen LogP contribution in [0.25, 0.3) is 6.08 Å². The Morgan fingerprint density at radius 1 is 0.639 bits per heavy atom. The van der Waals surface area contributed by atoms with Crippen LogP contribution in [0.15, 0.2) is 23.8 Å². The normalized spacial score (nSPS) is 16.2. The van der Waals surface area contributed by atoms with Crippen molar-refractivity contribution in [3.05, 3.63) is 40.5 Å². The number of fused-ring (bicyclic) bond motifs is 1. The predicted octanol–water partition coefficient (Wildman–Crippen LogP) is 3.23. The maximum Gasteiger partial charge on any atom is 0.334 e. The van der Waals surface area contributed by atoms with Gasteiger partial charge in [-0.3, -0.25) is 4.79 Å². The maximum atomic E-state index is 13.2. The van der Waals surface area contributed by atoms with Gasteiger partial charge in [-0.1, -0.05) is 0 Å². The third kappa shape index (κ3) is 4.34.